The van der Waals surface area contributed by atoms with Crippen LogP contribution in [0.5, 0.6) is 0 Å². The molecule has 3 rings (SSSR count). The van der Waals surface area contributed by atoms with E-state index in [1.54, 1.807) is 11.3 Å². The van der Waals surface area contributed by atoms with Crippen molar-refractivity contribution in [3.63, 3.8) is 0 Å². The number of fused-ring (bicyclic) bond motifs is 1. The Morgan fingerprint density at radius 1 is 1.38 bits per heavy atom. The molecule has 0 aromatic carbocycles. The predicted octanol–water partition coefficient (Wildman–Crippen LogP) is 3.17. The lowest BCUT2D eigenvalue weighted by molar-refractivity contribution is 0.0887. The monoisotopic (exact) mass is 346 g/mol. The Morgan fingerprint density at radius 2 is 2.19 bits per heavy atom. The standard InChI is InChI=1S/C15H22O3S3/c1-21(17,18)12-4-2-3-10(7-12)15(16)14-8-11-9-19-6-5-13(11)20-14/h8,10,12,15-16H,2-7,9H2,1H3. The smallest absolute Gasteiger partial charge is 0.150 e. The summed E-state index contributed by atoms with van der Waals surface area (Å²) in [5.41, 5.74) is 1.38. The molecule has 1 N–H and O–H groups in total. The summed E-state index contributed by atoms with van der Waals surface area (Å²) in [6.07, 6.45) is 5.14. The summed E-state index contributed by atoms with van der Waals surface area (Å²) < 4.78 is 23.5. The Morgan fingerprint density at radius 3 is 2.90 bits per heavy atom. The number of aryl methyl sites for hydroxylation is 1. The molecule has 0 amide bonds. The first-order valence-corrected chi connectivity index (χ1v) is 11.4. The summed E-state index contributed by atoms with van der Waals surface area (Å²) in [6, 6.07) is 2.15. The van der Waals surface area contributed by atoms with Gasteiger partial charge >= 0.3 is 0 Å². The summed E-state index contributed by atoms with van der Waals surface area (Å²) in [5, 5.41) is 10.4. The predicted molar refractivity (Wildman–Crippen MR) is 89.7 cm³/mol. The van der Waals surface area contributed by atoms with E-state index in [0.29, 0.717) is 6.42 Å². The third-order valence-electron chi connectivity index (χ3n) is 4.66. The van der Waals surface area contributed by atoms with Gasteiger partial charge in [-0.15, -0.1) is 11.3 Å². The number of aliphatic hydroxyl groups is 1. The van der Waals surface area contributed by atoms with Gasteiger partial charge in [0.15, 0.2) is 0 Å². The Bertz CT molecular complexity index is 582. The average molecular weight is 347 g/mol. The third-order valence-corrected chi connectivity index (χ3v) is 8.61. The minimum atomic E-state index is -2.99. The number of sulfone groups is 1. The first-order valence-electron chi connectivity index (χ1n) is 7.51. The minimum Gasteiger partial charge on any atom is -0.387 e. The van der Waals surface area contributed by atoms with Crippen LogP contribution in [0.15, 0.2) is 6.07 Å². The molecule has 118 valence electrons. The van der Waals surface area contributed by atoms with Crippen molar-refractivity contribution in [3.05, 3.63) is 21.4 Å². The van der Waals surface area contributed by atoms with E-state index in [2.05, 4.69) is 6.07 Å². The summed E-state index contributed by atoms with van der Waals surface area (Å²) in [6.45, 7) is 0. The largest absolute Gasteiger partial charge is 0.387 e. The molecule has 1 aliphatic carbocycles. The van der Waals surface area contributed by atoms with E-state index in [1.165, 1.54) is 22.4 Å². The molecule has 1 aromatic heterocycles. The zero-order valence-corrected chi connectivity index (χ0v) is 14.7. The van der Waals surface area contributed by atoms with Crippen molar-refractivity contribution in [3.8, 4) is 0 Å². The Kier molecular flexibility index (Phi) is 4.69. The van der Waals surface area contributed by atoms with Crippen LogP contribution < -0.4 is 0 Å². The van der Waals surface area contributed by atoms with Crippen molar-refractivity contribution in [1.29, 1.82) is 0 Å². The van der Waals surface area contributed by atoms with Crippen LogP contribution in [-0.4, -0.2) is 30.8 Å². The van der Waals surface area contributed by atoms with E-state index in [-0.39, 0.29) is 11.2 Å². The molecule has 1 fully saturated rings. The van der Waals surface area contributed by atoms with Crippen LogP contribution in [0, 0.1) is 5.92 Å². The van der Waals surface area contributed by atoms with Crippen molar-refractivity contribution in [2.45, 2.75) is 49.2 Å². The van der Waals surface area contributed by atoms with Crippen LogP contribution in [0.4, 0.5) is 0 Å². The Hall–Kier alpha value is -0.0400. The molecular formula is C15H22O3S3. The number of hydrogen-bond acceptors (Lipinski definition) is 5. The van der Waals surface area contributed by atoms with E-state index >= 15 is 0 Å². The lowest BCUT2D eigenvalue weighted by Crippen LogP contribution is -2.30. The van der Waals surface area contributed by atoms with Crippen molar-refractivity contribution >= 4 is 32.9 Å². The Labute approximate surface area is 135 Å². The molecule has 0 radical (unpaired) electrons. The van der Waals surface area contributed by atoms with E-state index in [9.17, 15) is 13.5 Å². The molecule has 0 spiro atoms. The van der Waals surface area contributed by atoms with E-state index in [0.717, 1.165) is 36.3 Å². The van der Waals surface area contributed by atoms with Crippen LogP contribution in [0.3, 0.4) is 0 Å². The van der Waals surface area contributed by atoms with Crippen molar-refractivity contribution < 1.29 is 13.5 Å². The molecule has 0 bridgehead atoms. The fraction of sp³-hybridized carbons (Fsp3) is 0.733. The number of aliphatic hydroxyl groups excluding tert-OH is 1. The zero-order valence-electron chi connectivity index (χ0n) is 12.2. The third kappa shape index (κ3) is 3.49. The summed E-state index contributed by atoms with van der Waals surface area (Å²) in [7, 11) is -2.99. The number of thiophene rings is 1. The second-order valence-electron chi connectivity index (χ2n) is 6.22. The van der Waals surface area contributed by atoms with Gasteiger partial charge in [0.2, 0.25) is 0 Å². The molecule has 0 saturated heterocycles. The molecule has 1 aromatic rings. The number of rotatable bonds is 3. The van der Waals surface area contributed by atoms with Crippen LogP contribution in [0.2, 0.25) is 0 Å². The first kappa shape index (κ1) is 15.8. The van der Waals surface area contributed by atoms with E-state index < -0.39 is 15.9 Å². The van der Waals surface area contributed by atoms with Gasteiger partial charge in [0.05, 0.1) is 11.4 Å². The summed E-state index contributed by atoms with van der Waals surface area (Å²) in [5.74, 6) is 2.31. The lowest BCUT2D eigenvalue weighted by Gasteiger charge is -2.30. The molecule has 2 heterocycles. The number of hydrogen-bond donors (Lipinski definition) is 1. The molecule has 1 aliphatic heterocycles. The van der Waals surface area contributed by atoms with Gasteiger partial charge in [-0.3, -0.25) is 0 Å². The minimum absolute atomic E-state index is 0.0891. The molecule has 6 heteroatoms. The first-order chi connectivity index (χ1) is 9.95. The van der Waals surface area contributed by atoms with Gasteiger partial charge < -0.3 is 5.11 Å². The van der Waals surface area contributed by atoms with E-state index in [1.807, 2.05) is 11.8 Å². The van der Waals surface area contributed by atoms with Crippen molar-refractivity contribution in [2.75, 3.05) is 12.0 Å². The Balaban J connectivity index is 1.75. The summed E-state index contributed by atoms with van der Waals surface area (Å²) in [4.78, 5) is 2.46. The fourth-order valence-corrected chi connectivity index (χ4v) is 7.05. The van der Waals surface area contributed by atoms with Gasteiger partial charge in [0.1, 0.15) is 9.84 Å². The molecule has 21 heavy (non-hydrogen) atoms. The quantitative estimate of drug-likeness (QED) is 0.913. The maximum atomic E-state index is 11.8. The highest BCUT2D eigenvalue weighted by molar-refractivity contribution is 7.98. The zero-order chi connectivity index (χ0) is 15.0. The fourth-order valence-electron chi connectivity index (χ4n) is 3.41. The van der Waals surface area contributed by atoms with Crippen molar-refractivity contribution in [2.24, 2.45) is 5.92 Å². The maximum absolute atomic E-state index is 11.8. The molecule has 3 atom stereocenters. The maximum Gasteiger partial charge on any atom is 0.150 e. The highest BCUT2D eigenvalue weighted by Gasteiger charge is 2.34. The van der Waals surface area contributed by atoms with Crippen LogP contribution in [0.25, 0.3) is 0 Å². The van der Waals surface area contributed by atoms with Gasteiger partial charge in [-0.05, 0) is 49.0 Å². The van der Waals surface area contributed by atoms with Gasteiger partial charge in [-0.25, -0.2) is 8.42 Å². The molecule has 1 saturated carbocycles. The molecular weight excluding hydrogens is 324 g/mol. The van der Waals surface area contributed by atoms with Gasteiger partial charge in [-0.1, -0.05) is 6.42 Å². The second kappa shape index (κ2) is 6.22. The summed E-state index contributed by atoms with van der Waals surface area (Å²) >= 11 is 3.68. The highest BCUT2D eigenvalue weighted by atomic mass is 32.2. The van der Waals surface area contributed by atoms with Gasteiger partial charge in [0.25, 0.3) is 0 Å². The molecule has 3 unspecified atom stereocenters. The normalized spacial score (nSPS) is 28.1. The van der Waals surface area contributed by atoms with Gasteiger partial charge in [0, 0.05) is 21.8 Å². The van der Waals surface area contributed by atoms with E-state index in [4.69, 9.17) is 0 Å². The topological polar surface area (TPSA) is 54.4 Å². The van der Waals surface area contributed by atoms with Crippen LogP contribution in [-0.2, 0) is 22.0 Å². The second-order valence-corrected chi connectivity index (χ2v) is 10.8. The SMILES string of the molecule is CS(=O)(=O)C1CCCC(C(O)c2cc3c(s2)CCSC3)C1. The lowest BCUT2D eigenvalue weighted by atomic mass is 9.84. The van der Waals surface area contributed by atoms with Crippen LogP contribution in [0.1, 0.15) is 47.1 Å². The van der Waals surface area contributed by atoms with Crippen molar-refractivity contribution in [1.82, 2.24) is 0 Å². The molecule has 3 nitrogen and oxygen atoms in total. The van der Waals surface area contributed by atoms with Gasteiger partial charge in [-0.2, -0.15) is 11.8 Å². The molecule has 2 aliphatic rings. The van der Waals surface area contributed by atoms with Crippen LogP contribution >= 0.6 is 23.1 Å². The average Bonchev–Trinajstić information content (AvgIpc) is 2.89. The number of thioether (sulfide) groups is 1. The highest BCUT2D eigenvalue weighted by Crippen LogP contribution is 2.41.